The monoisotopic (exact) mass is 246 g/mol. The number of alkyl halides is 3. The van der Waals surface area contributed by atoms with Crippen LogP contribution in [0.2, 0.25) is 0 Å². The first-order valence-corrected chi connectivity index (χ1v) is 5.27. The molecule has 0 unspecified atom stereocenters. The number of aliphatic hydroxyl groups is 1. The van der Waals surface area contributed by atoms with Crippen molar-refractivity contribution in [1.29, 1.82) is 0 Å². The van der Waals surface area contributed by atoms with E-state index in [1.807, 2.05) is 0 Å². The normalized spacial score (nSPS) is 25.1. The summed E-state index contributed by atoms with van der Waals surface area (Å²) in [6.07, 6.45) is 0.325. The molecule has 1 fully saturated rings. The Hall–Kier alpha value is 0.650. The van der Waals surface area contributed by atoms with E-state index in [0.29, 0.717) is 11.5 Å². The van der Waals surface area contributed by atoms with Crippen LogP contribution in [0.4, 0.5) is 8.78 Å². The van der Waals surface area contributed by atoms with Crippen molar-refractivity contribution in [3.05, 3.63) is 0 Å². The van der Waals surface area contributed by atoms with Crippen molar-refractivity contribution in [3.63, 3.8) is 0 Å². The van der Waals surface area contributed by atoms with Crippen LogP contribution in [0, 0.1) is 0 Å². The lowest BCUT2D eigenvalue weighted by atomic mass is 9.98. The summed E-state index contributed by atoms with van der Waals surface area (Å²) in [5.74, 6) is 1.22. The second-order valence-corrected chi connectivity index (χ2v) is 4.86. The smallest absolute Gasteiger partial charge is 0.329 e. The van der Waals surface area contributed by atoms with Crippen molar-refractivity contribution in [2.24, 2.45) is 0 Å². The number of hydrogen-bond acceptors (Lipinski definition) is 2. The van der Waals surface area contributed by atoms with Crippen molar-refractivity contribution in [3.8, 4) is 0 Å². The van der Waals surface area contributed by atoms with Gasteiger partial charge < -0.3 is 5.11 Å². The Kier molecular flexibility index (Phi) is 2.82. The third kappa shape index (κ3) is 2.06. The van der Waals surface area contributed by atoms with Gasteiger partial charge in [0.15, 0.2) is 0 Å². The highest BCUT2D eigenvalue weighted by atomic mass is 79.9. The fourth-order valence-electron chi connectivity index (χ4n) is 0.993. The first-order chi connectivity index (χ1) is 4.96. The van der Waals surface area contributed by atoms with Crippen molar-refractivity contribution in [2.75, 3.05) is 11.5 Å². The minimum atomic E-state index is -3.14. The fourth-order valence-corrected chi connectivity index (χ4v) is 2.56. The lowest BCUT2D eigenvalue weighted by Crippen LogP contribution is -2.46. The Morgan fingerprint density at radius 1 is 1.36 bits per heavy atom. The molecule has 0 bridgehead atoms. The highest BCUT2D eigenvalue weighted by Gasteiger charge is 2.50. The van der Waals surface area contributed by atoms with E-state index in [4.69, 9.17) is 0 Å². The van der Waals surface area contributed by atoms with Crippen LogP contribution in [0.3, 0.4) is 0 Å². The van der Waals surface area contributed by atoms with Gasteiger partial charge in [-0.2, -0.15) is 20.5 Å². The molecule has 0 aromatic heterocycles. The van der Waals surface area contributed by atoms with Gasteiger partial charge in [-0.05, 0) is 40.3 Å². The highest BCUT2D eigenvalue weighted by Crippen LogP contribution is 2.43. The predicted octanol–water partition coefficient (Wildman–Crippen LogP) is 2.23. The molecule has 0 saturated carbocycles. The number of thioether (sulfide) groups is 1. The summed E-state index contributed by atoms with van der Waals surface area (Å²) in [5.41, 5.74) is -1.82. The fraction of sp³-hybridized carbons (Fsp3) is 1.00. The number of hydrogen-bond donors (Lipinski definition) is 1. The predicted molar refractivity (Wildman–Crippen MR) is 45.4 cm³/mol. The molecule has 0 amide bonds. The van der Waals surface area contributed by atoms with E-state index in [9.17, 15) is 13.9 Å². The van der Waals surface area contributed by atoms with Crippen molar-refractivity contribution < 1.29 is 13.9 Å². The number of rotatable bonds is 1. The van der Waals surface area contributed by atoms with E-state index in [1.54, 1.807) is 11.8 Å². The molecule has 1 nitrogen and oxygen atoms in total. The zero-order valence-electron chi connectivity index (χ0n) is 5.82. The molecule has 0 aromatic carbocycles. The molecule has 1 rings (SSSR count). The van der Waals surface area contributed by atoms with Crippen LogP contribution in [0.5, 0.6) is 0 Å². The Bertz CT molecular complexity index is 142. The van der Waals surface area contributed by atoms with Crippen LogP contribution in [0.25, 0.3) is 0 Å². The first kappa shape index (κ1) is 9.74. The van der Waals surface area contributed by atoms with E-state index in [2.05, 4.69) is 15.9 Å². The Balaban J connectivity index is 2.64. The van der Waals surface area contributed by atoms with Gasteiger partial charge in [-0.3, -0.25) is 0 Å². The second-order valence-electron chi connectivity index (χ2n) is 2.64. The summed E-state index contributed by atoms with van der Waals surface area (Å²) >= 11 is 3.80. The molecule has 1 aliphatic rings. The average molecular weight is 247 g/mol. The molecule has 1 heterocycles. The molecule has 1 N–H and O–H groups in total. The maximum atomic E-state index is 12.6. The SMILES string of the molecule is OC1(C(F)(F)Br)CCSCC1. The van der Waals surface area contributed by atoms with Gasteiger partial charge in [-0.15, -0.1) is 0 Å². The molecular formula is C6H9BrF2OS. The molecule has 5 heteroatoms. The topological polar surface area (TPSA) is 20.2 Å². The van der Waals surface area contributed by atoms with Crippen LogP contribution >= 0.6 is 27.7 Å². The van der Waals surface area contributed by atoms with Gasteiger partial charge in [0.25, 0.3) is 0 Å². The molecule has 1 aliphatic heterocycles. The van der Waals surface area contributed by atoms with Gasteiger partial charge in [0.05, 0.1) is 0 Å². The molecular weight excluding hydrogens is 238 g/mol. The van der Waals surface area contributed by atoms with Crippen LogP contribution in [-0.4, -0.2) is 27.0 Å². The Morgan fingerprint density at radius 3 is 2.09 bits per heavy atom. The van der Waals surface area contributed by atoms with E-state index < -0.39 is 10.4 Å². The van der Waals surface area contributed by atoms with Gasteiger partial charge >= 0.3 is 4.83 Å². The third-order valence-electron chi connectivity index (χ3n) is 1.85. The van der Waals surface area contributed by atoms with Gasteiger partial charge in [-0.1, -0.05) is 0 Å². The summed E-state index contributed by atoms with van der Waals surface area (Å²) in [6.45, 7) is 0. The standard InChI is InChI=1S/C6H9BrF2OS/c7-6(8,9)5(10)1-3-11-4-2-5/h10H,1-4H2. The van der Waals surface area contributed by atoms with Crippen molar-refractivity contribution in [2.45, 2.75) is 23.3 Å². The van der Waals surface area contributed by atoms with Crippen molar-refractivity contribution in [1.82, 2.24) is 0 Å². The Labute approximate surface area is 76.7 Å². The minimum Gasteiger partial charge on any atom is -0.383 e. The molecule has 0 spiro atoms. The van der Waals surface area contributed by atoms with Gasteiger partial charge in [0, 0.05) is 0 Å². The maximum Gasteiger partial charge on any atom is 0.329 e. The van der Waals surface area contributed by atoms with E-state index >= 15 is 0 Å². The zero-order chi connectivity index (χ0) is 8.54. The van der Waals surface area contributed by atoms with E-state index in [-0.39, 0.29) is 12.8 Å². The van der Waals surface area contributed by atoms with Crippen LogP contribution < -0.4 is 0 Å². The van der Waals surface area contributed by atoms with Gasteiger partial charge in [0.2, 0.25) is 0 Å². The quantitative estimate of drug-likeness (QED) is 0.717. The maximum absolute atomic E-state index is 12.6. The summed E-state index contributed by atoms with van der Waals surface area (Å²) in [4.78, 5) is -3.14. The lowest BCUT2D eigenvalue weighted by molar-refractivity contribution is -0.119. The largest absolute Gasteiger partial charge is 0.383 e. The molecule has 0 radical (unpaired) electrons. The lowest BCUT2D eigenvalue weighted by Gasteiger charge is -2.35. The van der Waals surface area contributed by atoms with Crippen LogP contribution in [0.15, 0.2) is 0 Å². The van der Waals surface area contributed by atoms with E-state index in [0.717, 1.165) is 0 Å². The first-order valence-electron chi connectivity index (χ1n) is 3.33. The summed E-state index contributed by atoms with van der Waals surface area (Å²) in [7, 11) is 0. The van der Waals surface area contributed by atoms with Gasteiger partial charge in [-0.25, -0.2) is 0 Å². The zero-order valence-corrected chi connectivity index (χ0v) is 8.22. The average Bonchev–Trinajstić information content (AvgIpc) is 1.87. The highest BCUT2D eigenvalue weighted by molar-refractivity contribution is 9.10. The minimum absolute atomic E-state index is 0.163. The summed E-state index contributed by atoms with van der Waals surface area (Å²) in [6, 6.07) is 0. The third-order valence-corrected chi connectivity index (χ3v) is 3.57. The van der Waals surface area contributed by atoms with E-state index in [1.165, 1.54) is 0 Å². The molecule has 0 aromatic rings. The molecule has 0 aliphatic carbocycles. The van der Waals surface area contributed by atoms with Gasteiger partial charge in [0.1, 0.15) is 5.60 Å². The van der Waals surface area contributed by atoms with Crippen LogP contribution in [-0.2, 0) is 0 Å². The van der Waals surface area contributed by atoms with Crippen LogP contribution in [0.1, 0.15) is 12.8 Å². The van der Waals surface area contributed by atoms with Crippen molar-refractivity contribution >= 4 is 27.7 Å². The summed E-state index contributed by atoms with van der Waals surface area (Å²) < 4.78 is 25.3. The number of halogens is 3. The second kappa shape index (κ2) is 3.18. The Morgan fingerprint density at radius 2 is 1.82 bits per heavy atom. The molecule has 0 atom stereocenters. The molecule has 11 heavy (non-hydrogen) atoms. The summed E-state index contributed by atoms with van der Waals surface area (Å²) in [5, 5.41) is 9.40. The molecule has 66 valence electrons. The molecule has 1 saturated heterocycles.